The summed E-state index contributed by atoms with van der Waals surface area (Å²) in [6, 6.07) is 0.614. The molecule has 1 fully saturated rings. The Morgan fingerprint density at radius 2 is 1.83 bits per heavy atom. The molecule has 2 N–H and O–H groups in total. The fraction of sp³-hybridized carbons (Fsp3) is 0.500. The lowest BCUT2D eigenvalue weighted by Gasteiger charge is -2.35. The van der Waals surface area contributed by atoms with Gasteiger partial charge < -0.3 is 10.4 Å². The summed E-state index contributed by atoms with van der Waals surface area (Å²) in [5, 5.41) is 23.3. The summed E-state index contributed by atoms with van der Waals surface area (Å²) in [4.78, 5) is 11.2. The second-order valence-electron chi connectivity index (χ2n) is 4.73. The zero-order valence-corrected chi connectivity index (χ0v) is 13.4. The number of aromatic hydroxyl groups is 1. The van der Waals surface area contributed by atoms with Crippen LogP contribution in [-0.4, -0.2) is 47.3 Å². The van der Waals surface area contributed by atoms with Gasteiger partial charge in [0.1, 0.15) is 11.8 Å². The third-order valence-corrected chi connectivity index (χ3v) is 3.33. The summed E-state index contributed by atoms with van der Waals surface area (Å²) < 4.78 is 40.2. The number of phenolic OH excluding ortho intramolecular Hbond substituents is 1. The first-order valence-electron chi connectivity index (χ1n) is 6.29. The molecule has 6 nitrogen and oxygen atoms in total. The zero-order chi connectivity index (χ0) is 15.6. The van der Waals surface area contributed by atoms with Gasteiger partial charge in [-0.1, -0.05) is 0 Å². The van der Waals surface area contributed by atoms with Crippen molar-refractivity contribution in [2.45, 2.75) is 12.2 Å². The highest BCUT2D eigenvalue weighted by molar-refractivity contribution is 5.85. The Kier molecular flexibility index (Phi) is 8.05. The number of piperazine rings is 1. The largest absolute Gasteiger partial charge is 0.508 e. The summed E-state index contributed by atoms with van der Waals surface area (Å²) in [6.07, 6.45) is -4.67. The third kappa shape index (κ3) is 5.10. The SMILES string of the molecule is Cl.Cl.O=[N+]([O-])c1ccc(O)cc1[C@H](N1CCNCC1)C(F)(F)F. The number of nitrogens with one attached hydrogen (secondary N) is 1. The molecule has 23 heavy (non-hydrogen) atoms. The molecule has 0 aromatic heterocycles. The number of alkyl halides is 3. The van der Waals surface area contributed by atoms with Crippen molar-refractivity contribution in [3.05, 3.63) is 33.9 Å². The lowest BCUT2D eigenvalue weighted by Crippen LogP contribution is -2.49. The maximum atomic E-state index is 13.4. The van der Waals surface area contributed by atoms with Crippen molar-refractivity contribution in [1.29, 1.82) is 0 Å². The maximum absolute atomic E-state index is 13.4. The summed E-state index contributed by atoms with van der Waals surface area (Å²) in [6.45, 7) is 0.992. The number of benzene rings is 1. The van der Waals surface area contributed by atoms with E-state index in [0.717, 1.165) is 23.1 Å². The van der Waals surface area contributed by atoms with Gasteiger partial charge in [-0.15, -0.1) is 24.8 Å². The number of nitro groups is 1. The Balaban J connectivity index is 0.00000242. The molecule has 0 unspecified atom stereocenters. The van der Waals surface area contributed by atoms with Crippen LogP contribution in [0.1, 0.15) is 11.6 Å². The maximum Gasteiger partial charge on any atom is 0.408 e. The molecule has 1 saturated heterocycles. The van der Waals surface area contributed by atoms with Crippen LogP contribution in [0.15, 0.2) is 18.2 Å². The van der Waals surface area contributed by atoms with Crippen molar-refractivity contribution in [3.8, 4) is 5.75 Å². The molecule has 1 atom stereocenters. The van der Waals surface area contributed by atoms with E-state index in [-0.39, 0.29) is 37.9 Å². The zero-order valence-electron chi connectivity index (χ0n) is 11.7. The molecule has 132 valence electrons. The Labute approximate surface area is 142 Å². The predicted octanol–water partition coefficient (Wildman–Crippen LogP) is 2.65. The molecule has 1 aromatic rings. The molecule has 0 saturated carbocycles. The van der Waals surface area contributed by atoms with Gasteiger partial charge in [-0.2, -0.15) is 13.2 Å². The van der Waals surface area contributed by atoms with Gasteiger partial charge >= 0.3 is 6.18 Å². The van der Waals surface area contributed by atoms with E-state index < -0.39 is 34.1 Å². The molecule has 1 aliphatic heterocycles. The van der Waals surface area contributed by atoms with Gasteiger partial charge in [-0.05, 0) is 12.1 Å². The second-order valence-corrected chi connectivity index (χ2v) is 4.73. The number of nitrogens with zero attached hydrogens (tertiary/aromatic N) is 2. The van der Waals surface area contributed by atoms with Gasteiger partial charge in [-0.3, -0.25) is 15.0 Å². The molecule has 0 aliphatic carbocycles. The fourth-order valence-corrected chi connectivity index (χ4v) is 2.45. The van der Waals surface area contributed by atoms with Gasteiger partial charge in [0, 0.05) is 32.2 Å². The van der Waals surface area contributed by atoms with Gasteiger partial charge in [0.05, 0.1) is 10.5 Å². The molecule has 0 radical (unpaired) electrons. The van der Waals surface area contributed by atoms with Crippen LogP contribution in [0.2, 0.25) is 0 Å². The van der Waals surface area contributed by atoms with Crippen LogP contribution < -0.4 is 5.32 Å². The van der Waals surface area contributed by atoms with Crippen LogP contribution in [0.25, 0.3) is 0 Å². The van der Waals surface area contributed by atoms with Gasteiger partial charge in [0.25, 0.3) is 5.69 Å². The first-order chi connectivity index (χ1) is 9.80. The molecule has 0 spiro atoms. The Morgan fingerprint density at radius 3 is 2.30 bits per heavy atom. The normalized spacial score (nSPS) is 16.8. The molecule has 1 aliphatic rings. The van der Waals surface area contributed by atoms with Crippen molar-refractivity contribution < 1.29 is 23.2 Å². The quantitative estimate of drug-likeness (QED) is 0.625. The molecule has 1 aromatic carbocycles. The first-order valence-corrected chi connectivity index (χ1v) is 6.29. The van der Waals surface area contributed by atoms with Crippen LogP contribution in [0, 0.1) is 10.1 Å². The average Bonchev–Trinajstić information content (AvgIpc) is 2.38. The monoisotopic (exact) mass is 377 g/mol. The van der Waals surface area contributed by atoms with Crippen molar-refractivity contribution >= 4 is 30.5 Å². The van der Waals surface area contributed by atoms with Crippen molar-refractivity contribution in [1.82, 2.24) is 10.2 Å². The van der Waals surface area contributed by atoms with Crippen molar-refractivity contribution in [2.24, 2.45) is 0 Å². The van der Waals surface area contributed by atoms with Crippen LogP contribution >= 0.6 is 24.8 Å². The van der Waals surface area contributed by atoms with Crippen LogP contribution in [-0.2, 0) is 0 Å². The van der Waals surface area contributed by atoms with Crippen molar-refractivity contribution in [2.75, 3.05) is 26.2 Å². The van der Waals surface area contributed by atoms with E-state index in [4.69, 9.17) is 0 Å². The number of hydrogen-bond donors (Lipinski definition) is 2. The molecular weight excluding hydrogens is 362 g/mol. The van der Waals surface area contributed by atoms with Gasteiger partial charge in [-0.25, -0.2) is 0 Å². The molecule has 1 heterocycles. The van der Waals surface area contributed by atoms with E-state index in [0.29, 0.717) is 13.1 Å². The minimum atomic E-state index is -4.67. The number of phenols is 1. The van der Waals surface area contributed by atoms with Gasteiger partial charge in [0.2, 0.25) is 0 Å². The van der Waals surface area contributed by atoms with Crippen LogP contribution in [0.4, 0.5) is 18.9 Å². The van der Waals surface area contributed by atoms with Crippen molar-refractivity contribution in [3.63, 3.8) is 0 Å². The fourth-order valence-electron chi connectivity index (χ4n) is 2.45. The number of nitro benzene ring substituents is 1. The van der Waals surface area contributed by atoms with E-state index in [1.54, 1.807) is 0 Å². The van der Waals surface area contributed by atoms with E-state index in [1.165, 1.54) is 0 Å². The number of rotatable bonds is 3. The van der Waals surface area contributed by atoms with Gasteiger partial charge in [0.15, 0.2) is 0 Å². The highest BCUT2D eigenvalue weighted by Gasteiger charge is 2.47. The molecular formula is C12H16Cl2F3N3O3. The molecule has 11 heteroatoms. The lowest BCUT2D eigenvalue weighted by atomic mass is 10.0. The Hall–Kier alpha value is -1.29. The predicted molar refractivity (Wildman–Crippen MR) is 82.5 cm³/mol. The summed E-state index contributed by atoms with van der Waals surface area (Å²) in [5.41, 5.74) is -1.18. The highest BCUT2D eigenvalue weighted by atomic mass is 35.5. The minimum Gasteiger partial charge on any atom is -0.508 e. The smallest absolute Gasteiger partial charge is 0.408 e. The topological polar surface area (TPSA) is 78.6 Å². The van der Waals surface area contributed by atoms with E-state index >= 15 is 0 Å². The minimum absolute atomic E-state index is 0. The van der Waals surface area contributed by atoms with E-state index in [2.05, 4.69) is 5.32 Å². The number of halogens is 5. The molecule has 0 bridgehead atoms. The summed E-state index contributed by atoms with van der Waals surface area (Å²) >= 11 is 0. The molecule has 0 amide bonds. The van der Waals surface area contributed by atoms with Crippen LogP contribution in [0.5, 0.6) is 5.75 Å². The first kappa shape index (κ1) is 21.7. The standard InChI is InChI=1S/C12H14F3N3O3.2ClH/c13-12(14,15)11(17-5-3-16-4-6-17)9-7-8(19)1-2-10(9)18(20)21;;/h1-2,7,11,16,19H,3-6H2;2*1H/t11-;;/m0../s1. The number of hydrogen-bond acceptors (Lipinski definition) is 5. The van der Waals surface area contributed by atoms with E-state index in [9.17, 15) is 28.4 Å². The van der Waals surface area contributed by atoms with E-state index in [1.807, 2.05) is 0 Å². The second kappa shape index (κ2) is 8.53. The Morgan fingerprint density at radius 1 is 1.26 bits per heavy atom. The summed E-state index contributed by atoms with van der Waals surface area (Å²) in [7, 11) is 0. The third-order valence-electron chi connectivity index (χ3n) is 3.33. The molecule has 2 rings (SSSR count). The average molecular weight is 378 g/mol. The lowest BCUT2D eigenvalue weighted by molar-refractivity contribution is -0.386. The Bertz CT molecular complexity index is 540. The summed E-state index contributed by atoms with van der Waals surface area (Å²) in [5.74, 6) is -0.431. The van der Waals surface area contributed by atoms with Crippen LogP contribution in [0.3, 0.4) is 0 Å². The highest BCUT2D eigenvalue weighted by Crippen LogP contribution is 2.42.